The number of pyridine rings is 1. The Morgan fingerprint density at radius 1 is 1.18 bits per heavy atom. The van der Waals surface area contributed by atoms with Gasteiger partial charge in [0.1, 0.15) is 0 Å². The molecule has 0 N–H and O–H groups in total. The average Bonchev–Trinajstić information content (AvgIpc) is 2.57. The van der Waals surface area contributed by atoms with Gasteiger partial charge in [0.15, 0.2) is 5.65 Å². The SMILES string of the molecule is CSc1cc2c(=O)n(C)cnc2nc1CCc1ccccc1. The van der Waals surface area contributed by atoms with Gasteiger partial charge in [-0.2, -0.15) is 0 Å². The molecule has 0 saturated carbocycles. The molecule has 0 bridgehead atoms. The Kier molecular flexibility index (Phi) is 4.24. The summed E-state index contributed by atoms with van der Waals surface area (Å²) < 4.78 is 1.48. The Balaban J connectivity index is 1.98. The van der Waals surface area contributed by atoms with E-state index in [-0.39, 0.29) is 5.56 Å². The van der Waals surface area contributed by atoms with E-state index in [4.69, 9.17) is 0 Å². The number of hydrogen-bond acceptors (Lipinski definition) is 4. The number of nitrogens with zero attached hydrogens (tertiary/aromatic N) is 3. The van der Waals surface area contributed by atoms with Crippen molar-refractivity contribution >= 4 is 22.8 Å². The van der Waals surface area contributed by atoms with Gasteiger partial charge in [0.05, 0.1) is 17.4 Å². The molecule has 0 aliphatic heterocycles. The molecule has 2 aromatic heterocycles. The predicted octanol–water partition coefficient (Wildman–Crippen LogP) is 2.84. The summed E-state index contributed by atoms with van der Waals surface area (Å²) >= 11 is 1.62. The van der Waals surface area contributed by atoms with E-state index >= 15 is 0 Å². The van der Waals surface area contributed by atoms with E-state index in [2.05, 4.69) is 22.1 Å². The molecule has 0 unspecified atom stereocenters. The molecule has 3 aromatic rings. The third kappa shape index (κ3) is 2.90. The molecule has 0 radical (unpaired) electrons. The molecule has 112 valence electrons. The van der Waals surface area contributed by atoms with Crippen LogP contribution in [0.25, 0.3) is 11.0 Å². The van der Waals surface area contributed by atoms with Crippen LogP contribution in [0.3, 0.4) is 0 Å². The summed E-state index contributed by atoms with van der Waals surface area (Å²) in [6.07, 6.45) is 5.30. The smallest absolute Gasteiger partial charge is 0.262 e. The Morgan fingerprint density at radius 3 is 2.68 bits per heavy atom. The van der Waals surface area contributed by atoms with Gasteiger partial charge >= 0.3 is 0 Å². The minimum Gasteiger partial charge on any atom is -0.302 e. The van der Waals surface area contributed by atoms with Crippen LogP contribution in [-0.2, 0) is 19.9 Å². The third-order valence-corrected chi connectivity index (χ3v) is 4.45. The molecule has 0 spiro atoms. The first-order valence-electron chi connectivity index (χ1n) is 7.12. The van der Waals surface area contributed by atoms with Gasteiger partial charge in [0.2, 0.25) is 0 Å². The monoisotopic (exact) mass is 311 g/mol. The van der Waals surface area contributed by atoms with E-state index in [1.165, 1.54) is 16.5 Å². The van der Waals surface area contributed by atoms with Crippen LogP contribution in [0.1, 0.15) is 11.3 Å². The fraction of sp³-hybridized carbons (Fsp3) is 0.235. The molecule has 5 heteroatoms. The van der Waals surface area contributed by atoms with Crippen molar-refractivity contribution in [1.82, 2.24) is 14.5 Å². The summed E-state index contributed by atoms with van der Waals surface area (Å²) in [6, 6.07) is 12.3. The number of aromatic nitrogens is 3. The highest BCUT2D eigenvalue weighted by Crippen LogP contribution is 2.23. The van der Waals surface area contributed by atoms with Crippen molar-refractivity contribution in [2.45, 2.75) is 17.7 Å². The van der Waals surface area contributed by atoms with E-state index in [1.807, 2.05) is 30.5 Å². The lowest BCUT2D eigenvalue weighted by molar-refractivity contribution is 0.831. The number of aryl methyl sites for hydroxylation is 3. The molecule has 3 rings (SSSR count). The van der Waals surface area contributed by atoms with Crippen molar-refractivity contribution in [1.29, 1.82) is 0 Å². The molecular formula is C17H17N3OS. The topological polar surface area (TPSA) is 47.8 Å². The zero-order valence-corrected chi connectivity index (χ0v) is 13.4. The molecule has 0 saturated heterocycles. The minimum atomic E-state index is -0.0533. The van der Waals surface area contributed by atoms with Gasteiger partial charge in [0.25, 0.3) is 5.56 Å². The molecule has 0 amide bonds. The van der Waals surface area contributed by atoms with E-state index in [0.29, 0.717) is 11.0 Å². The highest BCUT2D eigenvalue weighted by atomic mass is 32.2. The van der Waals surface area contributed by atoms with Gasteiger partial charge in [-0.1, -0.05) is 30.3 Å². The van der Waals surface area contributed by atoms with Gasteiger partial charge in [-0.25, -0.2) is 9.97 Å². The van der Waals surface area contributed by atoms with Crippen LogP contribution in [0.15, 0.2) is 52.4 Å². The van der Waals surface area contributed by atoms with Crippen molar-refractivity contribution in [3.8, 4) is 0 Å². The van der Waals surface area contributed by atoms with Crippen LogP contribution in [0.2, 0.25) is 0 Å². The third-order valence-electron chi connectivity index (χ3n) is 3.66. The summed E-state index contributed by atoms with van der Waals surface area (Å²) in [6.45, 7) is 0. The lowest BCUT2D eigenvalue weighted by atomic mass is 10.1. The number of hydrogen-bond donors (Lipinski definition) is 0. The Hall–Kier alpha value is -2.14. The zero-order chi connectivity index (χ0) is 15.5. The lowest BCUT2D eigenvalue weighted by Gasteiger charge is -2.09. The molecule has 0 fully saturated rings. The fourth-order valence-corrected chi connectivity index (χ4v) is 3.04. The van der Waals surface area contributed by atoms with Crippen molar-refractivity contribution in [3.63, 3.8) is 0 Å². The molecule has 2 heterocycles. The highest BCUT2D eigenvalue weighted by Gasteiger charge is 2.10. The van der Waals surface area contributed by atoms with E-state index in [1.54, 1.807) is 18.8 Å². The standard InChI is InChI=1S/C17H17N3OS/c1-20-11-18-16-13(17(20)21)10-15(22-2)14(19-16)9-8-12-6-4-3-5-7-12/h3-7,10-11H,8-9H2,1-2H3. The van der Waals surface area contributed by atoms with Gasteiger partial charge in [-0.15, -0.1) is 11.8 Å². The van der Waals surface area contributed by atoms with Crippen molar-refractivity contribution < 1.29 is 0 Å². The molecular weight excluding hydrogens is 294 g/mol. The van der Waals surface area contributed by atoms with E-state index in [9.17, 15) is 4.79 Å². The zero-order valence-electron chi connectivity index (χ0n) is 12.6. The second kappa shape index (κ2) is 6.32. The molecule has 22 heavy (non-hydrogen) atoms. The molecule has 0 aliphatic rings. The summed E-state index contributed by atoms with van der Waals surface area (Å²) in [5, 5.41) is 0.581. The quantitative estimate of drug-likeness (QED) is 0.695. The summed E-state index contributed by atoms with van der Waals surface area (Å²) in [7, 11) is 1.71. The Bertz CT molecular complexity index is 859. The number of thioether (sulfide) groups is 1. The highest BCUT2D eigenvalue weighted by molar-refractivity contribution is 7.98. The van der Waals surface area contributed by atoms with Gasteiger partial charge < -0.3 is 4.57 Å². The Morgan fingerprint density at radius 2 is 1.95 bits per heavy atom. The van der Waals surface area contributed by atoms with Crippen molar-refractivity contribution in [3.05, 3.63) is 64.3 Å². The van der Waals surface area contributed by atoms with Crippen LogP contribution in [0, 0.1) is 0 Å². The van der Waals surface area contributed by atoms with E-state index < -0.39 is 0 Å². The van der Waals surface area contributed by atoms with Crippen LogP contribution >= 0.6 is 11.8 Å². The maximum atomic E-state index is 12.2. The number of benzene rings is 1. The first-order valence-corrected chi connectivity index (χ1v) is 8.34. The second-order valence-electron chi connectivity index (χ2n) is 5.15. The predicted molar refractivity (Wildman–Crippen MR) is 90.4 cm³/mol. The van der Waals surface area contributed by atoms with Crippen LogP contribution < -0.4 is 5.56 Å². The molecule has 0 atom stereocenters. The lowest BCUT2D eigenvalue weighted by Crippen LogP contribution is -2.18. The van der Waals surface area contributed by atoms with Crippen LogP contribution in [-0.4, -0.2) is 20.8 Å². The Labute approximate surface area is 133 Å². The van der Waals surface area contributed by atoms with Crippen LogP contribution in [0.5, 0.6) is 0 Å². The number of fused-ring (bicyclic) bond motifs is 1. The molecule has 0 aliphatic carbocycles. The first kappa shape index (κ1) is 14.8. The summed E-state index contributed by atoms with van der Waals surface area (Å²) in [4.78, 5) is 22.1. The average molecular weight is 311 g/mol. The maximum absolute atomic E-state index is 12.2. The van der Waals surface area contributed by atoms with Gasteiger partial charge in [-0.05, 0) is 30.7 Å². The molecule has 4 nitrogen and oxygen atoms in total. The normalized spacial score (nSPS) is 11.0. The fourth-order valence-electron chi connectivity index (χ4n) is 2.42. The maximum Gasteiger partial charge on any atom is 0.262 e. The van der Waals surface area contributed by atoms with E-state index in [0.717, 1.165) is 23.4 Å². The minimum absolute atomic E-state index is 0.0533. The van der Waals surface area contributed by atoms with Gasteiger partial charge in [-0.3, -0.25) is 4.79 Å². The summed E-state index contributed by atoms with van der Waals surface area (Å²) in [5.74, 6) is 0. The van der Waals surface area contributed by atoms with Crippen LogP contribution in [0.4, 0.5) is 0 Å². The second-order valence-corrected chi connectivity index (χ2v) is 6.00. The summed E-state index contributed by atoms with van der Waals surface area (Å²) in [5.41, 5.74) is 2.77. The molecule has 1 aromatic carbocycles. The number of rotatable bonds is 4. The van der Waals surface area contributed by atoms with Crippen molar-refractivity contribution in [2.75, 3.05) is 6.26 Å². The largest absolute Gasteiger partial charge is 0.302 e. The van der Waals surface area contributed by atoms with Crippen molar-refractivity contribution in [2.24, 2.45) is 7.05 Å². The van der Waals surface area contributed by atoms with Gasteiger partial charge in [0, 0.05) is 11.9 Å². The first-order chi connectivity index (χ1) is 10.7.